The van der Waals surface area contributed by atoms with Gasteiger partial charge in [0.1, 0.15) is 11.3 Å². The van der Waals surface area contributed by atoms with E-state index < -0.39 is 5.97 Å². The molecule has 0 aromatic heterocycles. The standard InChI is InChI=1S/C14H18BrNO4/c1-8(2)9(3)16-13(17)7-20-12-5-4-10(15)6-11(12)14(18)19/h4-6,8-9H,7H2,1-3H3,(H,16,17)(H,18,19). The van der Waals surface area contributed by atoms with Gasteiger partial charge in [-0.1, -0.05) is 29.8 Å². The zero-order valence-corrected chi connectivity index (χ0v) is 13.2. The maximum Gasteiger partial charge on any atom is 0.339 e. The Bertz CT molecular complexity index is 502. The SMILES string of the molecule is CC(C)C(C)NC(=O)COc1ccc(Br)cc1C(=O)O. The van der Waals surface area contributed by atoms with Crippen molar-refractivity contribution in [2.24, 2.45) is 5.92 Å². The van der Waals surface area contributed by atoms with Crippen molar-refractivity contribution >= 4 is 27.8 Å². The number of halogens is 1. The highest BCUT2D eigenvalue weighted by molar-refractivity contribution is 9.10. The van der Waals surface area contributed by atoms with Crippen molar-refractivity contribution in [2.45, 2.75) is 26.8 Å². The van der Waals surface area contributed by atoms with Crippen molar-refractivity contribution in [3.8, 4) is 5.75 Å². The van der Waals surface area contributed by atoms with Gasteiger partial charge in [0, 0.05) is 10.5 Å². The number of carboxylic acid groups (broad SMARTS) is 1. The lowest BCUT2D eigenvalue weighted by molar-refractivity contribution is -0.124. The normalized spacial score (nSPS) is 12.1. The second-order valence-corrected chi connectivity index (χ2v) is 5.75. The molecule has 1 atom stereocenters. The number of ether oxygens (including phenoxy) is 1. The topological polar surface area (TPSA) is 75.6 Å². The smallest absolute Gasteiger partial charge is 0.339 e. The van der Waals surface area contributed by atoms with Crippen molar-refractivity contribution in [1.82, 2.24) is 5.32 Å². The van der Waals surface area contributed by atoms with Gasteiger partial charge in [0.05, 0.1) is 0 Å². The van der Waals surface area contributed by atoms with Gasteiger partial charge in [0.15, 0.2) is 6.61 Å². The van der Waals surface area contributed by atoms with Crippen LogP contribution in [0.3, 0.4) is 0 Å². The molecule has 1 aromatic carbocycles. The second-order valence-electron chi connectivity index (χ2n) is 4.83. The van der Waals surface area contributed by atoms with E-state index in [1.54, 1.807) is 6.07 Å². The predicted octanol–water partition coefficient (Wildman–Crippen LogP) is 2.69. The van der Waals surface area contributed by atoms with Gasteiger partial charge < -0.3 is 15.2 Å². The van der Waals surface area contributed by atoms with Crippen LogP contribution in [0.2, 0.25) is 0 Å². The van der Waals surface area contributed by atoms with Gasteiger partial charge in [-0.05, 0) is 31.0 Å². The molecule has 5 nitrogen and oxygen atoms in total. The molecule has 2 N–H and O–H groups in total. The van der Waals surface area contributed by atoms with Gasteiger partial charge in [-0.2, -0.15) is 0 Å². The first-order chi connectivity index (χ1) is 9.31. The molecule has 0 aliphatic carbocycles. The number of hydrogen-bond acceptors (Lipinski definition) is 3. The number of carbonyl (C=O) groups is 2. The minimum Gasteiger partial charge on any atom is -0.483 e. The van der Waals surface area contributed by atoms with Crippen LogP contribution in [0.25, 0.3) is 0 Å². The summed E-state index contributed by atoms with van der Waals surface area (Å²) in [6, 6.07) is 4.66. The number of carbonyl (C=O) groups excluding carboxylic acids is 1. The first-order valence-corrected chi connectivity index (χ1v) is 7.05. The molecular weight excluding hydrogens is 326 g/mol. The molecule has 20 heavy (non-hydrogen) atoms. The maximum absolute atomic E-state index is 11.7. The first kappa shape index (κ1) is 16.5. The van der Waals surface area contributed by atoms with E-state index >= 15 is 0 Å². The molecule has 0 heterocycles. The number of amides is 1. The molecule has 0 fully saturated rings. The van der Waals surface area contributed by atoms with Gasteiger partial charge >= 0.3 is 5.97 Å². The van der Waals surface area contributed by atoms with Gasteiger partial charge in [0.25, 0.3) is 5.91 Å². The maximum atomic E-state index is 11.7. The van der Waals surface area contributed by atoms with Gasteiger partial charge in [-0.3, -0.25) is 4.79 Å². The first-order valence-electron chi connectivity index (χ1n) is 6.26. The molecule has 6 heteroatoms. The highest BCUT2D eigenvalue weighted by Crippen LogP contribution is 2.23. The van der Waals surface area contributed by atoms with E-state index in [2.05, 4.69) is 21.2 Å². The lowest BCUT2D eigenvalue weighted by Gasteiger charge is -2.17. The van der Waals surface area contributed by atoms with Crippen molar-refractivity contribution in [3.63, 3.8) is 0 Å². The van der Waals surface area contributed by atoms with Crippen molar-refractivity contribution in [3.05, 3.63) is 28.2 Å². The fourth-order valence-electron chi connectivity index (χ4n) is 1.40. The van der Waals surface area contributed by atoms with Crippen LogP contribution in [0.5, 0.6) is 5.75 Å². The number of nitrogens with one attached hydrogen (secondary N) is 1. The molecule has 0 saturated carbocycles. The van der Waals surface area contributed by atoms with E-state index in [0.29, 0.717) is 10.4 Å². The lowest BCUT2D eigenvalue weighted by Crippen LogP contribution is -2.39. The molecule has 0 spiro atoms. The van der Waals surface area contributed by atoms with E-state index in [1.165, 1.54) is 12.1 Å². The molecule has 0 bridgehead atoms. The number of aromatic carboxylic acids is 1. The van der Waals surface area contributed by atoms with Crippen molar-refractivity contribution in [2.75, 3.05) is 6.61 Å². The molecule has 0 radical (unpaired) electrons. The molecular formula is C14H18BrNO4. The lowest BCUT2D eigenvalue weighted by atomic mass is 10.1. The van der Waals surface area contributed by atoms with E-state index in [-0.39, 0.29) is 29.9 Å². The fraction of sp³-hybridized carbons (Fsp3) is 0.429. The molecule has 1 amide bonds. The fourth-order valence-corrected chi connectivity index (χ4v) is 1.76. The summed E-state index contributed by atoms with van der Waals surface area (Å²) in [5.41, 5.74) is 0.0177. The Morgan fingerprint density at radius 1 is 1.35 bits per heavy atom. The molecule has 0 aliphatic heterocycles. The van der Waals surface area contributed by atoms with E-state index in [9.17, 15) is 9.59 Å². The van der Waals surface area contributed by atoms with Crippen LogP contribution >= 0.6 is 15.9 Å². The molecule has 1 unspecified atom stereocenters. The van der Waals surface area contributed by atoms with Crippen LogP contribution in [0.1, 0.15) is 31.1 Å². The third-order valence-corrected chi connectivity index (χ3v) is 3.41. The Labute approximate surface area is 126 Å². The molecule has 0 aliphatic rings. The summed E-state index contributed by atoms with van der Waals surface area (Å²) in [7, 11) is 0. The number of rotatable bonds is 6. The summed E-state index contributed by atoms with van der Waals surface area (Å²) < 4.78 is 5.92. The quantitative estimate of drug-likeness (QED) is 0.832. The highest BCUT2D eigenvalue weighted by Gasteiger charge is 2.15. The van der Waals surface area contributed by atoms with Crippen molar-refractivity contribution < 1.29 is 19.4 Å². The van der Waals surface area contributed by atoms with Gasteiger partial charge in [-0.25, -0.2) is 4.79 Å². The second kappa shape index (κ2) is 7.28. The molecule has 1 aromatic rings. The Morgan fingerprint density at radius 2 is 2.00 bits per heavy atom. The van der Waals surface area contributed by atoms with Crippen LogP contribution < -0.4 is 10.1 Å². The summed E-state index contributed by atoms with van der Waals surface area (Å²) >= 11 is 3.20. The molecule has 110 valence electrons. The Morgan fingerprint density at radius 3 is 2.55 bits per heavy atom. The van der Waals surface area contributed by atoms with E-state index in [4.69, 9.17) is 9.84 Å². The predicted molar refractivity (Wildman–Crippen MR) is 79.0 cm³/mol. The number of hydrogen-bond donors (Lipinski definition) is 2. The van der Waals surface area contributed by atoms with Crippen LogP contribution in [0.4, 0.5) is 0 Å². The third kappa shape index (κ3) is 4.85. The summed E-state index contributed by atoms with van der Waals surface area (Å²) in [6.07, 6.45) is 0. The number of benzene rings is 1. The van der Waals surface area contributed by atoms with Crippen LogP contribution in [0.15, 0.2) is 22.7 Å². The van der Waals surface area contributed by atoms with Gasteiger partial charge in [0.2, 0.25) is 0 Å². The average molecular weight is 344 g/mol. The Kier molecular flexibility index (Phi) is 6.01. The zero-order chi connectivity index (χ0) is 15.3. The Hall–Kier alpha value is -1.56. The van der Waals surface area contributed by atoms with Crippen LogP contribution in [-0.4, -0.2) is 29.6 Å². The summed E-state index contributed by atoms with van der Waals surface area (Å²) in [6.45, 7) is 5.70. The van der Waals surface area contributed by atoms with E-state index in [1.807, 2.05) is 20.8 Å². The number of carboxylic acids is 1. The summed E-state index contributed by atoms with van der Waals surface area (Å²) in [5.74, 6) is -0.878. The average Bonchev–Trinajstić information content (AvgIpc) is 2.36. The summed E-state index contributed by atoms with van der Waals surface area (Å²) in [4.78, 5) is 22.8. The minimum atomic E-state index is -1.10. The zero-order valence-electron chi connectivity index (χ0n) is 11.6. The van der Waals surface area contributed by atoms with Crippen molar-refractivity contribution in [1.29, 1.82) is 0 Å². The van der Waals surface area contributed by atoms with Crippen LogP contribution in [0, 0.1) is 5.92 Å². The largest absolute Gasteiger partial charge is 0.483 e. The Balaban J connectivity index is 2.66. The minimum absolute atomic E-state index is 0.0177. The van der Waals surface area contributed by atoms with Crippen LogP contribution in [-0.2, 0) is 4.79 Å². The monoisotopic (exact) mass is 343 g/mol. The van der Waals surface area contributed by atoms with Gasteiger partial charge in [-0.15, -0.1) is 0 Å². The highest BCUT2D eigenvalue weighted by atomic mass is 79.9. The summed E-state index contributed by atoms with van der Waals surface area (Å²) in [5, 5.41) is 11.9. The van der Waals surface area contributed by atoms with E-state index in [0.717, 1.165) is 0 Å². The molecule has 0 saturated heterocycles. The third-order valence-electron chi connectivity index (χ3n) is 2.92. The molecule has 1 rings (SSSR count).